The molecule has 134 valence electrons. The maximum atomic E-state index is 13.8. The van der Waals surface area contributed by atoms with E-state index in [-0.39, 0.29) is 42.0 Å². The molecule has 6 nitrogen and oxygen atoms in total. The van der Waals surface area contributed by atoms with Gasteiger partial charge in [0, 0.05) is 18.5 Å². The summed E-state index contributed by atoms with van der Waals surface area (Å²) in [5.74, 6) is 5.08. The molecule has 0 radical (unpaired) electrons. The number of nitrogens with zero attached hydrogens (tertiary/aromatic N) is 2. The van der Waals surface area contributed by atoms with Crippen molar-refractivity contribution in [3.8, 4) is 17.7 Å². The SMILES string of the molecule is CC#CCOc1cnc(C(=O)Cc2ccc(F)c(CNC(N)=S)c2)cn1. The van der Waals surface area contributed by atoms with Gasteiger partial charge in [0.05, 0.1) is 12.4 Å². The van der Waals surface area contributed by atoms with Gasteiger partial charge in [-0.05, 0) is 30.8 Å². The van der Waals surface area contributed by atoms with Crippen LogP contribution in [-0.4, -0.2) is 27.5 Å². The molecule has 2 rings (SSSR count). The number of nitrogens with one attached hydrogen (secondary N) is 1. The summed E-state index contributed by atoms with van der Waals surface area (Å²) in [5.41, 5.74) is 6.57. The minimum Gasteiger partial charge on any atom is -0.463 e. The van der Waals surface area contributed by atoms with Crippen LogP contribution >= 0.6 is 12.2 Å². The molecule has 0 unspecified atom stereocenters. The topological polar surface area (TPSA) is 90.1 Å². The van der Waals surface area contributed by atoms with E-state index in [0.29, 0.717) is 11.1 Å². The first-order chi connectivity index (χ1) is 12.5. The lowest BCUT2D eigenvalue weighted by atomic mass is 10.0. The van der Waals surface area contributed by atoms with E-state index in [2.05, 4.69) is 27.1 Å². The smallest absolute Gasteiger partial charge is 0.233 e. The van der Waals surface area contributed by atoms with Gasteiger partial charge in [-0.25, -0.2) is 14.4 Å². The van der Waals surface area contributed by atoms with Crippen LogP contribution in [0.4, 0.5) is 4.39 Å². The fourth-order valence-electron chi connectivity index (χ4n) is 2.05. The number of carbonyl (C=O) groups is 1. The van der Waals surface area contributed by atoms with Gasteiger partial charge in [-0.15, -0.1) is 5.92 Å². The Morgan fingerprint density at radius 1 is 1.38 bits per heavy atom. The first kappa shape index (κ1) is 19.3. The molecule has 0 saturated carbocycles. The van der Waals surface area contributed by atoms with Crippen molar-refractivity contribution in [1.82, 2.24) is 15.3 Å². The average molecular weight is 372 g/mol. The highest BCUT2D eigenvalue weighted by Crippen LogP contribution is 2.13. The number of halogens is 1. The Morgan fingerprint density at radius 3 is 2.85 bits per heavy atom. The molecule has 0 spiro atoms. The third kappa shape index (κ3) is 5.79. The molecule has 0 amide bonds. The number of ether oxygens (including phenoxy) is 1. The van der Waals surface area contributed by atoms with Crippen LogP contribution in [0.1, 0.15) is 28.5 Å². The molecule has 1 aromatic heterocycles. The Kier molecular flexibility index (Phi) is 7.00. The largest absolute Gasteiger partial charge is 0.463 e. The third-order valence-electron chi connectivity index (χ3n) is 3.31. The molecule has 1 heterocycles. The molecule has 0 bridgehead atoms. The number of thiocarbonyl (C=S) groups is 1. The second-order valence-electron chi connectivity index (χ2n) is 5.20. The Bertz CT molecular complexity index is 860. The lowest BCUT2D eigenvalue weighted by Gasteiger charge is -2.08. The standard InChI is InChI=1S/C18H17FN4O2S/c1-2-3-6-25-17-11-21-15(10-22-17)16(24)8-12-4-5-14(19)13(7-12)9-23-18(20)26/h4-5,7,10-11H,6,8-9H2,1H3,(H3,20,23,26). The number of hydrogen-bond acceptors (Lipinski definition) is 5. The van der Waals surface area contributed by atoms with Gasteiger partial charge >= 0.3 is 0 Å². The highest BCUT2D eigenvalue weighted by Gasteiger charge is 2.12. The minimum absolute atomic E-state index is 0.0660. The van der Waals surface area contributed by atoms with Gasteiger partial charge in [0.2, 0.25) is 5.88 Å². The number of Topliss-reactive ketones (excluding diaryl/α,β-unsaturated/α-hetero) is 1. The summed E-state index contributed by atoms with van der Waals surface area (Å²) >= 11 is 4.71. The minimum atomic E-state index is -0.401. The summed E-state index contributed by atoms with van der Waals surface area (Å²) in [6.45, 7) is 2.06. The van der Waals surface area contributed by atoms with Gasteiger partial charge in [-0.1, -0.05) is 18.1 Å². The molecule has 0 fully saturated rings. The van der Waals surface area contributed by atoms with Crippen LogP contribution in [0.25, 0.3) is 0 Å². The summed E-state index contributed by atoms with van der Waals surface area (Å²) in [5, 5.41) is 2.76. The molecule has 2 aromatic rings. The van der Waals surface area contributed by atoms with Gasteiger partial charge < -0.3 is 15.8 Å². The zero-order valence-corrected chi connectivity index (χ0v) is 14.9. The van der Waals surface area contributed by atoms with Crippen molar-refractivity contribution < 1.29 is 13.9 Å². The normalized spacial score (nSPS) is 9.77. The maximum absolute atomic E-state index is 13.8. The average Bonchev–Trinajstić information content (AvgIpc) is 2.62. The maximum Gasteiger partial charge on any atom is 0.233 e. The second kappa shape index (κ2) is 9.44. The van der Waals surface area contributed by atoms with Crippen molar-refractivity contribution >= 4 is 23.1 Å². The number of ketones is 1. The van der Waals surface area contributed by atoms with E-state index in [1.54, 1.807) is 19.1 Å². The van der Waals surface area contributed by atoms with Gasteiger partial charge in [-0.2, -0.15) is 0 Å². The van der Waals surface area contributed by atoms with Crippen molar-refractivity contribution in [2.75, 3.05) is 6.61 Å². The molecule has 8 heteroatoms. The van der Waals surface area contributed by atoms with Crippen LogP contribution in [0.5, 0.6) is 5.88 Å². The van der Waals surface area contributed by atoms with E-state index < -0.39 is 5.82 Å². The number of rotatable bonds is 7. The summed E-state index contributed by atoms with van der Waals surface area (Å²) in [6.07, 6.45) is 2.78. The van der Waals surface area contributed by atoms with E-state index in [1.807, 2.05) is 0 Å². The summed E-state index contributed by atoms with van der Waals surface area (Å²) < 4.78 is 19.0. The van der Waals surface area contributed by atoms with Crippen molar-refractivity contribution in [1.29, 1.82) is 0 Å². The fourth-order valence-corrected chi connectivity index (χ4v) is 2.12. The molecule has 0 aliphatic rings. The molecule has 0 aliphatic heterocycles. The molecule has 1 aromatic carbocycles. The van der Waals surface area contributed by atoms with E-state index in [9.17, 15) is 9.18 Å². The molecule has 3 N–H and O–H groups in total. The fraction of sp³-hybridized carbons (Fsp3) is 0.222. The van der Waals surface area contributed by atoms with E-state index >= 15 is 0 Å². The van der Waals surface area contributed by atoms with Crippen LogP contribution in [-0.2, 0) is 13.0 Å². The Balaban J connectivity index is 2.03. The van der Waals surface area contributed by atoms with Crippen molar-refractivity contribution in [3.05, 3.63) is 53.2 Å². The monoisotopic (exact) mass is 372 g/mol. The van der Waals surface area contributed by atoms with Crippen LogP contribution in [0, 0.1) is 17.7 Å². The highest BCUT2D eigenvalue weighted by molar-refractivity contribution is 7.80. The quantitative estimate of drug-likeness (QED) is 0.435. The zero-order valence-electron chi connectivity index (χ0n) is 14.1. The molecule has 0 atom stereocenters. The Morgan fingerprint density at radius 2 is 2.19 bits per heavy atom. The van der Waals surface area contributed by atoms with Crippen LogP contribution in [0.2, 0.25) is 0 Å². The number of aromatic nitrogens is 2. The van der Waals surface area contributed by atoms with Crippen molar-refractivity contribution in [2.45, 2.75) is 19.9 Å². The highest BCUT2D eigenvalue weighted by atomic mass is 32.1. The first-order valence-corrected chi connectivity index (χ1v) is 8.08. The van der Waals surface area contributed by atoms with E-state index in [0.717, 1.165) is 0 Å². The summed E-state index contributed by atoms with van der Waals surface area (Å²) in [7, 11) is 0. The molecule has 26 heavy (non-hydrogen) atoms. The van der Waals surface area contributed by atoms with E-state index in [1.165, 1.54) is 18.5 Å². The summed E-state index contributed by atoms with van der Waals surface area (Å²) in [6, 6.07) is 4.44. The third-order valence-corrected chi connectivity index (χ3v) is 3.46. The first-order valence-electron chi connectivity index (χ1n) is 7.68. The predicted molar refractivity (Wildman–Crippen MR) is 99.0 cm³/mol. The van der Waals surface area contributed by atoms with Gasteiger partial charge in [0.1, 0.15) is 11.5 Å². The number of carbonyl (C=O) groups excluding carboxylic acids is 1. The van der Waals surface area contributed by atoms with Crippen molar-refractivity contribution in [2.24, 2.45) is 5.73 Å². The lowest BCUT2D eigenvalue weighted by molar-refractivity contribution is 0.0987. The summed E-state index contributed by atoms with van der Waals surface area (Å²) in [4.78, 5) is 20.4. The Hall–Kier alpha value is -3.05. The predicted octanol–water partition coefficient (Wildman–Crippen LogP) is 1.78. The molecular weight excluding hydrogens is 355 g/mol. The zero-order chi connectivity index (χ0) is 18.9. The van der Waals surface area contributed by atoms with Gasteiger partial charge in [0.25, 0.3) is 0 Å². The molecule has 0 saturated heterocycles. The van der Waals surface area contributed by atoms with Gasteiger partial charge in [0.15, 0.2) is 17.5 Å². The van der Waals surface area contributed by atoms with Gasteiger partial charge in [-0.3, -0.25) is 4.79 Å². The number of nitrogens with two attached hydrogens (primary N) is 1. The van der Waals surface area contributed by atoms with Crippen molar-refractivity contribution in [3.63, 3.8) is 0 Å². The number of hydrogen-bond donors (Lipinski definition) is 2. The van der Waals surface area contributed by atoms with Crippen LogP contribution in [0.15, 0.2) is 30.6 Å². The van der Waals surface area contributed by atoms with E-state index in [4.69, 9.17) is 22.7 Å². The molecule has 0 aliphatic carbocycles. The second-order valence-corrected chi connectivity index (χ2v) is 5.64. The Labute approximate surface area is 156 Å². The van der Waals surface area contributed by atoms with Crippen LogP contribution in [0.3, 0.4) is 0 Å². The molecular formula is C18H17FN4O2S. The lowest BCUT2D eigenvalue weighted by Crippen LogP contribution is -2.28. The van der Waals surface area contributed by atoms with Crippen LogP contribution < -0.4 is 15.8 Å². The number of benzene rings is 1.